The van der Waals surface area contributed by atoms with Crippen molar-refractivity contribution in [3.63, 3.8) is 0 Å². The number of ether oxygens (including phenoxy) is 5. The molecule has 43 heavy (non-hydrogen) atoms. The van der Waals surface area contributed by atoms with Gasteiger partial charge in [-0.1, -0.05) is 6.07 Å². The van der Waals surface area contributed by atoms with Crippen molar-refractivity contribution in [2.45, 2.75) is 62.8 Å². The Hall–Kier alpha value is -3.52. The van der Waals surface area contributed by atoms with E-state index in [-0.39, 0.29) is 36.7 Å². The molecule has 0 amide bonds. The fourth-order valence-corrected chi connectivity index (χ4v) is 9.04. The Morgan fingerprint density at radius 3 is 2.56 bits per heavy atom. The molecular formula is C30H32N2O10S. The Morgan fingerprint density at radius 1 is 1.09 bits per heavy atom. The van der Waals surface area contributed by atoms with Crippen molar-refractivity contribution in [3.8, 4) is 28.7 Å². The number of benzene rings is 2. The number of ketones is 1. The molecule has 5 aliphatic heterocycles. The minimum absolute atomic E-state index is 0.0203. The minimum Gasteiger partial charge on any atom is -0.504 e. The van der Waals surface area contributed by atoms with Gasteiger partial charge in [0, 0.05) is 35.2 Å². The molecule has 2 aromatic carbocycles. The predicted octanol–water partition coefficient (Wildman–Crippen LogP) is 2.23. The second kappa shape index (κ2) is 10.0. The molecule has 2 unspecified atom stereocenters. The van der Waals surface area contributed by atoms with E-state index in [4.69, 9.17) is 23.7 Å². The minimum atomic E-state index is -1.03. The van der Waals surface area contributed by atoms with Gasteiger partial charge in [-0.25, -0.2) is 4.79 Å². The number of nitrogens with zero attached hydrogens (tertiary/aromatic N) is 2. The largest absolute Gasteiger partial charge is 0.504 e. The molecule has 7 rings (SSSR count). The van der Waals surface area contributed by atoms with Crippen LogP contribution in [0, 0.1) is 13.8 Å². The van der Waals surface area contributed by atoms with Crippen LogP contribution in [0.1, 0.15) is 57.6 Å². The molecule has 12 nitrogen and oxygen atoms in total. The van der Waals surface area contributed by atoms with Crippen molar-refractivity contribution < 1.29 is 48.3 Å². The molecular weight excluding hydrogens is 580 g/mol. The Kier molecular flexibility index (Phi) is 6.58. The number of cyclic esters (lactones) is 1. The van der Waals surface area contributed by atoms with Crippen LogP contribution >= 0.6 is 11.8 Å². The van der Waals surface area contributed by atoms with E-state index in [9.17, 15) is 24.6 Å². The zero-order chi connectivity index (χ0) is 30.5. The Labute approximate surface area is 251 Å². The van der Waals surface area contributed by atoms with E-state index in [1.165, 1.54) is 25.8 Å². The number of methoxy groups -OCH3 is 1. The van der Waals surface area contributed by atoms with Crippen LogP contribution in [0.2, 0.25) is 0 Å². The summed E-state index contributed by atoms with van der Waals surface area (Å²) >= 11 is 1.21. The summed E-state index contributed by atoms with van der Waals surface area (Å²) in [4.78, 5) is 42.0. The molecule has 13 heteroatoms. The number of hydrogen-bond donors (Lipinski definition) is 2. The molecule has 5 aliphatic rings. The predicted molar refractivity (Wildman–Crippen MR) is 152 cm³/mol. The third kappa shape index (κ3) is 3.91. The van der Waals surface area contributed by atoms with Gasteiger partial charge in [0.15, 0.2) is 23.0 Å². The van der Waals surface area contributed by atoms with E-state index in [0.29, 0.717) is 45.9 Å². The van der Waals surface area contributed by atoms with Crippen molar-refractivity contribution in [2.75, 3.05) is 33.3 Å². The normalized spacial score (nSPS) is 29.3. The number of rotatable bonds is 2. The van der Waals surface area contributed by atoms with Crippen molar-refractivity contribution in [3.05, 3.63) is 39.4 Å². The Bertz CT molecular complexity index is 1590. The molecule has 0 aliphatic carbocycles. The quantitative estimate of drug-likeness (QED) is 0.291. The van der Waals surface area contributed by atoms with Gasteiger partial charge in [0.1, 0.15) is 18.6 Å². The molecule has 6 atom stereocenters. The number of aromatic hydroxyl groups is 1. The second-order valence-corrected chi connectivity index (χ2v) is 12.7. The summed E-state index contributed by atoms with van der Waals surface area (Å²) in [6.07, 6.45) is -0.582. The molecule has 2 aromatic rings. The first kappa shape index (κ1) is 28.3. The van der Waals surface area contributed by atoms with Crippen molar-refractivity contribution in [1.29, 1.82) is 0 Å². The van der Waals surface area contributed by atoms with Gasteiger partial charge in [0.25, 0.3) is 0 Å². The van der Waals surface area contributed by atoms with Crippen molar-refractivity contribution >= 4 is 29.5 Å². The average molecular weight is 613 g/mol. The number of likely N-dealkylation sites (N-methyl/N-ethyl adjacent to an activating group) is 1. The molecule has 2 saturated heterocycles. The number of aryl methyl sites for hydroxylation is 1. The topological polar surface area (TPSA) is 144 Å². The van der Waals surface area contributed by atoms with Crippen molar-refractivity contribution in [2.24, 2.45) is 0 Å². The molecule has 2 N–H and O–H groups in total. The number of hydrogen-bond acceptors (Lipinski definition) is 13. The molecule has 2 fully saturated rings. The number of piperazine rings is 1. The fraction of sp³-hybridized carbons (Fsp3) is 0.500. The van der Waals surface area contributed by atoms with Crippen LogP contribution in [-0.2, 0) is 25.5 Å². The number of esters is 2. The van der Waals surface area contributed by atoms with Gasteiger partial charge in [0.2, 0.25) is 12.6 Å². The van der Waals surface area contributed by atoms with Gasteiger partial charge in [-0.2, -0.15) is 0 Å². The third-order valence-corrected chi connectivity index (χ3v) is 10.7. The maximum atomic E-state index is 12.9. The highest BCUT2D eigenvalue weighted by atomic mass is 32.2. The van der Waals surface area contributed by atoms with E-state index in [1.54, 1.807) is 6.92 Å². The summed E-state index contributed by atoms with van der Waals surface area (Å²) < 4.78 is 28.9. The highest BCUT2D eigenvalue weighted by Gasteiger charge is 2.60. The summed E-state index contributed by atoms with van der Waals surface area (Å²) in [5.74, 6) is -0.882. The first-order chi connectivity index (χ1) is 20.5. The lowest BCUT2D eigenvalue weighted by Crippen LogP contribution is -2.69. The molecule has 0 aromatic heterocycles. The van der Waals surface area contributed by atoms with E-state index < -0.39 is 47.3 Å². The third-order valence-electron chi connectivity index (χ3n) is 9.37. The van der Waals surface area contributed by atoms with Crippen LogP contribution in [0.3, 0.4) is 0 Å². The summed E-state index contributed by atoms with van der Waals surface area (Å²) in [5.41, 5.74) is 4.10. The maximum absolute atomic E-state index is 12.9. The standard InChI is InChI=1S/C30H32N2O10S/c1-11-6-14-7-15-29(36)32-16-8-39-30(37)17(34)9-43-28(22(32)21(31(15)4)18(14)23(35)24(11)38-5)20-19(16)27-26(40-10-41-27)12(2)25(20)42-13(3)33/h6,15-16,21-22,28-29,35-36H,7-10H2,1-5H3/t15-,16-,21?,22?,28+,29-/m0/s1. The summed E-state index contributed by atoms with van der Waals surface area (Å²) in [7, 11) is 3.42. The number of phenols is 1. The summed E-state index contributed by atoms with van der Waals surface area (Å²) in [5, 5.41) is 23.2. The van der Waals surface area contributed by atoms with Gasteiger partial charge in [-0.15, -0.1) is 11.8 Å². The smallest absolute Gasteiger partial charge is 0.375 e. The van der Waals surface area contributed by atoms with Gasteiger partial charge >= 0.3 is 11.9 Å². The average Bonchev–Trinajstić information content (AvgIpc) is 3.45. The number of fused-ring (bicyclic) bond motifs is 9. The van der Waals surface area contributed by atoms with Crippen LogP contribution in [-0.4, -0.2) is 89.4 Å². The van der Waals surface area contributed by atoms with Crippen LogP contribution in [0.25, 0.3) is 0 Å². The van der Waals surface area contributed by atoms with Crippen LogP contribution in [0.15, 0.2) is 6.07 Å². The number of aliphatic hydroxyl groups excluding tert-OH is 1. The molecule has 4 bridgehead atoms. The van der Waals surface area contributed by atoms with E-state index in [0.717, 1.165) is 11.1 Å². The number of aliphatic hydroxyl groups is 1. The molecule has 228 valence electrons. The highest BCUT2D eigenvalue weighted by Crippen LogP contribution is 2.63. The Morgan fingerprint density at radius 2 is 1.84 bits per heavy atom. The number of carbonyl (C=O) groups is 3. The summed E-state index contributed by atoms with van der Waals surface area (Å²) in [6, 6.07) is -0.238. The second-order valence-electron chi connectivity index (χ2n) is 11.6. The number of Topliss-reactive ketones (excluding diaryl/α,β-unsaturated/α-hetero) is 1. The lowest BCUT2D eigenvalue weighted by atomic mass is 9.73. The van der Waals surface area contributed by atoms with Gasteiger partial charge in [0.05, 0.1) is 36.2 Å². The monoisotopic (exact) mass is 612 g/mol. The van der Waals surface area contributed by atoms with Gasteiger partial charge in [-0.3, -0.25) is 19.4 Å². The van der Waals surface area contributed by atoms with E-state index in [2.05, 4.69) is 4.90 Å². The number of carbonyl (C=O) groups excluding carboxylic acids is 3. The molecule has 0 spiro atoms. The van der Waals surface area contributed by atoms with E-state index in [1.807, 2.05) is 24.9 Å². The van der Waals surface area contributed by atoms with Crippen molar-refractivity contribution in [1.82, 2.24) is 9.80 Å². The fourth-order valence-electron chi connectivity index (χ4n) is 7.71. The first-order valence-electron chi connectivity index (χ1n) is 14.1. The molecule has 0 saturated carbocycles. The maximum Gasteiger partial charge on any atom is 0.375 e. The number of phenolic OH excluding ortho intramolecular Hbond substituents is 1. The Balaban J connectivity index is 1.55. The number of thioether (sulfide) groups is 1. The zero-order valence-electron chi connectivity index (χ0n) is 24.3. The highest BCUT2D eigenvalue weighted by molar-refractivity contribution is 8.00. The van der Waals surface area contributed by atoms with Gasteiger partial charge in [-0.05, 0) is 38.4 Å². The SMILES string of the molecule is COc1c(C)cc2c(c1O)C1C3[C@@H]4SCC(=O)C(=O)OC[C@@H](c5c6c(c(C)c(OC(C)=O)c54)OCO6)N3[C@@H](O)[C@H](C2)N1C. The zero-order valence-corrected chi connectivity index (χ0v) is 25.1. The van der Waals surface area contributed by atoms with E-state index >= 15 is 0 Å². The van der Waals surface area contributed by atoms with Crippen LogP contribution < -0.4 is 18.9 Å². The van der Waals surface area contributed by atoms with Gasteiger partial charge < -0.3 is 33.9 Å². The summed E-state index contributed by atoms with van der Waals surface area (Å²) in [6.45, 7) is 4.63. The lowest BCUT2D eigenvalue weighted by Gasteiger charge is -2.61. The van der Waals surface area contributed by atoms with Crippen LogP contribution in [0.4, 0.5) is 0 Å². The first-order valence-corrected chi connectivity index (χ1v) is 15.1. The molecule has 5 heterocycles. The van der Waals surface area contributed by atoms with Crippen LogP contribution in [0.5, 0.6) is 28.7 Å². The lowest BCUT2D eigenvalue weighted by molar-refractivity contribution is -0.184. The molecule has 0 radical (unpaired) electrons.